The predicted molar refractivity (Wildman–Crippen MR) is 126 cm³/mol. The molecular formula is C25H34N6O. The number of nitrogens with zero attached hydrogens (tertiary/aromatic N) is 5. The second-order valence-electron chi connectivity index (χ2n) is 9.88. The molecule has 32 heavy (non-hydrogen) atoms. The number of aryl methyl sites for hydroxylation is 2. The minimum atomic E-state index is -0.262. The Morgan fingerprint density at radius 1 is 1.03 bits per heavy atom. The Kier molecular flexibility index (Phi) is 5.84. The fraction of sp³-hybridized carbons (Fsp3) is 0.600. The summed E-state index contributed by atoms with van der Waals surface area (Å²) >= 11 is 0. The molecule has 0 saturated heterocycles. The van der Waals surface area contributed by atoms with Gasteiger partial charge >= 0.3 is 0 Å². The van der Waals surface area contributed by atoms with Gasteiger partial charge in [0.2, 0.25) is 0 Å². The number of benzene rings is 1. The van der Waals surface area contributed by atoms with Gasteiger partial charge in [0.05, 0.1) is 6.04 Å². The van der Waals surface area contributed by atoms with Crippen molar-refractivity contribution >= 4 is 10.9 Å². The Hall–Kier alpha value is -2.54. The number of fused-ring (bicyclic) bond motifs is 1. The molecule has 0 spiro atoms. The normalized spacial score (nSPS) is 19.2. The molecule has 2 aromatic heterocycles. The zero-order valence-electron chi connectivity index (χ0n) is 19.5. The summed E-state index contributed by atoms with van der Waals surface area (Å²) in [5, 5.41) is 14.1. The van der Waals surface area contributed by atoms with Gasteiger partial charge in [-0.05, 0) is 80.3 Å². The number of hydrogen-bond donors (Lipinski definition) is 1. The van der Waals surface area contributed by atoms with E-state index in [0.717, 1.165) is 53.5 Å². The van der Waals surface area contributed by atoms with Crippen LogP contribution < -0.4 is 5.56 Å². The number of tetrazole rings is 1. The first kappa shape index (κ1) is 21.3. The van der Waals surface area contributed by atoms with E-state index in [2.05, 4.69) is 64.5 Å². The first-order valence-corrected chi connectivity index (χ1v) is 12.2. The third-order valence-corrected chi connectivity index (χ3v) is 7.63. The van der Waals surface area contributed by atoms with E-state index in [-0.39, 0.29) is 11.6 Å². The Morgan fingerprint density at radius 3 is 2.50 bits per heavy atom. The molecule has 5 rings (SSSR count). The molecule has 0 bridgehead atoms. The van der Waals surface area contributed by atoms with Gasteiger partial charge in [-0.3, -0.25) is 9.69 Å². The van der Waals surface area contributed by atoms with Crippen molar-refractivity contribution in [3.8, 4) is 0 Å². The van der Waals surface area contributed by atoms with E-state index >= 15 is 0 Å². The van der Waals surface area contributed by atoms with Crippen LogP contribution in [0.1, 0.15) is 92.4 Å². The third kappa shape index (κ3) is 3.87. The van der Waals surface area contributed by atoms with Crippen LogP contribution >= 0.6 is 0 Å². The summed E-state index contributed by atoms with van der Waals surface area (Å²) in [7, 11) is 2.15. The summed E-state index contributed by atoms with van der Waals surface area (Å²) in [5.41, 5.74) is 3.92. The number of aromatic nitrogens is 5. The van der Waals surface area contributed by atoms with Crippen molar-refractivity contribution in [2.45, 2.75) is 89.8 Å². The Morgan fingerprint density at radius 2 is 1.75 bits per heavy atom. The standard InChI is InChI=1S/C25H34N6O/c1-16-13-17(2)20-15-21(25(32)26-22(20)14-16)23(30(3)18-9-5-4-6-10-18)24-27-28-29-31(24)19-11-7-8-12-19/h13-15,18-19,23H,4-12H2,1-3H3,(H,26,32)/t23-/m0/s1. The highest BCUT2D eigenvalue weighted by Crippen LogP contribution is 2.36. The molecule has 3 aromatic rings. The summed E-state index contributed by atoms with van der Waals surface area (Å²) in [6, 6.07) is 6.80. The fourth-order valence-electron chi connectivity index (χ4n) is 5.92. The van der Waals surface area contributed by atoms with Crippen LogP contribution in [0.3, 0.4) is 0 Å². The maximum atomic E-state index is 13.5. The molecule has 1 N–H and O–H groups in total. The van der Waals surface area contributed by atoms with Crippen LogP contribution in [0.4, 0.5) is 0 Å². The smallest absolute Gasteiger partial charge is 0.253 e. The number of hydrogen-bond acceptors (Lipinski definition) is 5. The maximum Gasteiger partial charge on any atom is 0.253 e. The van der Waals surface area contributed by atoms with Crippen LogP contribution in [0.15, 0.2) is 23.0 Å². The van der Waals surface area contributed by atoms with Gasteiger partial charge in [0, 0.05) is 22.5 Å². The van der Waals surface area contributed by atoms with E-state index in [1.807, 2.05) is 4.68 Å². The summed E-state index contributed by atoms with van der Waals surface area (Å²) in [5.74, 6) is 0.805. The third-order valence-electron chi connectivity index (χ3n) is 7.63. The van der Waals surface area contributed by atoms with Crippen molar-refractivity contribution in [3.63, 3.8) is 0 Å². The number of aromatic amines is 1. The van der Waals surface area contributed by atoms with E-state index in [9.17, 15) is 4.79 Å². The minimum absolute atomic E-state index is 0.0452. The average Bonchev–Trinajstić information content (AvgIpc) is 3.47. The average molecular weight is 435 g/mol. The maximum absolute atomic E-state index is 13.5. The van der Waals surface area contributed by atoms with Crippen molar-refractivity contribution in [2.75, 3.05) is 7.05 Å². The highest BCUT2D eigenvalue weighted by molar-refractivity contribution is 5.83. The van der Waals surface area contributed by atoms with E-state index in [0.29, 0.717) is 12.1 Å². The predicted octanol–water partition coefficient (Wildman–Crippen LogP) is 4.60. The molecule has 2 saturated carbocycles. The lowest BCUT2D eigenvalue weighted by Gasteiger charge is -2.36. The lowest BCUT2D eigenvalue weighted by molar-refractivity contribution is 0.147. The topological polar surface area (TPSA) is 79.7 Å². The Bertz CT molecular complexity index is 1150. The Balaban J connectivity index is 1.66. The second-order valence-corrected chi connectivity index (χ2v) is 9.88. The molecule has 2 heterocycles. The number of pyridine rings is 1. The van der Waals surface area contributed by atoms with Crippen LogP contribution in [-0.4, -0.2) is 43.2 Å². The van der Waals surface area contributed by atoms with Crippen molar-refractivity contribution in [2.24, 2.45) is 0 Å². The number of H-pyrrole nitrogens is 1. The molecule has 7 heteroatoms. The van der Waals surface area contributed by atoms with Crippen LogP contribution in [0.25, 0.3) is 10.9 Å². The molecule has 2 fully saturated rings. The van der Waals surface area contributed by atoms with Gasteiger partial charge in [-0.1, -0.05) is 38.2 Å². The van der Waals surface area contributed by atoms with Gasteiger partial charge in [0.25, 0.3) is 5.56 Å². The molecule has 0 aliphatic heterocycles. The lowest BCUT2D eigenvalue weighted by Crippen LogP contribution is -2.40. The molecule has 0 unspecified atom stereocenters. The van der Waals surface area contributed by atoms with Crippen molar-refractivity contribution in [1.29, 1.82) is 0 Å². The molecule has 1 aromatic carbocycles. The van der Waals surface area contributed by atoms with Gasteiger partial charge in [0.15, 0.2) is 5.82 Å². The Labute approximate surface area is 189 Å². The highest BCUT2D eigenvalue weighted by Gasteiger charge is 2.35. The lowest BCUT2D eigenvalue weighted by atomic mass is 9.92. The molecule has 1 atom stereocenters. The molecule has 0 radical (unpaired) electrons. The SMILES string of the molecule is Cc1cc(C)c2cc([C@@H](c3nnnn3C3CCCC3)N(C)C3CCCCC3)c(=O)[nH]c2c1. The first-order valence-electron chi connectivity index (χ1n) is 12.2. The van der Waals surface area contributed by atoms with Crippen LogP contribution in [0.2, 0.25) is 0 Å². The van der Waals surface area contributed by atoms with Gasteiger partial charge in [0.1, 0.15) is 6.04 Å². The molecule has 2 aliphatic carbocycles. The van der Waals surface area contributed by atoms with Crippen LogP contribution in [0, 0.1) is 13.8 Å². The van der Waals surface area contributed by atoms with Gasteiger partial charge < -0.3 is 4.98 Å². The monoisotopic (exact) mass is 434 g/mol. The van der Waals surface area contributed by atoms with Crippen LogP contribution in [-0.2, 0) is 0 Å². The molecule has 2 aliphatic rings. The van der Waals surface area contributed by atoms with Gasteiger partial charge in [-0.25, -0.2) is 4.68 Å². The quantitative estimate of drug-likeness (QED) is 0.635. The van der Waals surface area contributed by atoms with Gasteiger partial charge in [-0.2, -0.15) is 0 Å². The number of rotatable bonds is 5. The van der Waals surface area contributed by atoms with E-state index in [4.69, 9.17) is 0 Å². The molecule has 0 amide bonds. The molecular weight excluding hydrogens is 400 g/mol. The summed E-state index contributed by atoms with van der Waals surface area (Å²) in [6.45, 7) is 4.17. The van der Waals surface area contributed by atoms with Crippen LogP contribution in [0.5, 0.6) is 0 Å². The zero-order valence-corrected chi connectivity index (χ0v) is 19.5. The zero-order chi connectivity index (χ0) is 22.2. The second kappa shape index (κ2) is 8.77. The first-order chi connectivity index (χ1) is 15.5. The fourth-order valence-corrected chi connectivity index (χ4v) is 5.92. The van der Waals surface area contributed by atoms with Crippen molar-refractivity contribution in [1.82, 2.24) is 30.1 Å². The van der Waals surface area contributed by atoms with Crippen molar-refractivity contribution in [3.05, 3.63) is 51.1 Å². The van der Waals surface area contributed by atoms with Gasteiger partial charge in [-0.15, -0.1) is 5.10 Å². The van der Waals surface area contributed by atoms with E-state index in [1.165, 1.54) is 37.7 Å². The number of nitrogens with one attached hydrogen (secondary N) is 1. The molecule has 7 nitrogen and oxygen atoms in total. The highest BCUT2D eigenvalue weighted by atomic mass is 16.1. The van der Waals surface area contributed by atoms with Crippen molar-refractivity contribution < 1.29 is 0 Å². The molecule has 170 valence electrons. The summed E-state index contributed by atoms with van der Waals surface area (Å²) in [6.07, 6.45) is 10.7. The summed E-state index contributed by atoms with van der Waals surface area (Å²) in [4.78, 5) is 19.0. The minimum Gasteiger partial charge on any atom is -0.322 e. The largest absolute Gasteiger partial charge is 0.322 e. The summed E-state index contributed by atoms with van der Waals surface area (Å²) < 4.78 is 2.02. The van der Waals surface area contributed by atoms with E-state index in [1.54, 1.807) is 0 Å². The van der Waals surface area contributed by atoms with E-state index < -0.39 is 0 Å².